The Morgan fingerprint density at radius 1 is 1.33 bits per heavy atom. The number of rotatable bonds is 4. The van der Waals surface area contributed by atoms with Gasteiger partial charge >= 0.3 is 0 Å². The van der Waals surface area contributed by atoms with Gasteiger partial charge < -0.3 is 9.84 Å². The summed E-state index contributed by atoms with van der Waals surface area (Å²) in [4.78, 5) is 4.46. The highest BCUT2D eigenvalue weighted by Gasteiger charge is 2.35. The van der Waals surface area contributed by atoms with E-state index < -0.39 is 9.84 Å². The molecule has 1 atom stereocenters. The molecule has 1 saturated carbocycles. The molecule has 1 aliphatic carbocycles. The van der Waals surface area contributed by atoms with Crippen molar-refractivity contribution in [3.8, 4) is 0 Å². The lowest BCUT2D eigenvalue weighted by atomic mass is 9.79. The van der Waals surface area contributed by atoms with Crippen molar-refractivity contribution in [1.82, 2.24) is 15.5 Å². The molecule has 2 fully saturated rings. The van der Waals surface area contributed by atoms with Crippen LogP contribution in [0.2, 0.25) is 0 Å². The molecule has 0 radical (unpaired) electrons. The molecule has 0 aromatic carbocycles. The third-order valence-corrected chi connectivity index (χ3v) is 6.68. The molecule has 0 spiro atoms. The second-order valence-electron chi connectivity index (χ2n) is 6.41. The molecule has 1 aromatic heterocycles. The average Bonchev–Trinajstić information content (AvgIpc) is 3.06. The molecule has 6 nitrogen and oxygen atoms in total. The summed E-state index contributed by atoms with van der Waals surface area (Å²) in [6.07, 6.45) is 7.33. The highest BCUT2D eigenvalue weighted by atomic mass is 32.2. The van der Waals surface area contributed by atoms with Crippen molar-refractivity contribution in [3.05, 3.63) is 11.7 Å². The Kier molecular flexibility index (Phi) is 4.05. The van der Waals surface area contributed by atoms with Gasteiger partial charge in [-0.3, -0.25) is 0 Å². The summed E-state index contributed by atoms with van der Waals surface area (Å²) in [5.74, 6) is 1.49. The van der Waals surface area contributed by atoms with E-state index in [0.29, 0.717) is 18.1 Å². The zero-order valence-corrected chi connectivity index (χ0v) is 13.3. The van der Waals surface area contributed by atoms with Gasteiger partial charge in [0.1, 0.15) is 0 Å². The lowest BCUT2D eigenvalue weighted by molar-refractivity contribution is 0.221. The van der Waals surface area contributed by atoms with Crippen molar-refractivity contribution < 1.29 is 12.9 Å². The number of hydrogen-bond acceptors (Lipinski definition) is 6. The molecule has 3 rings (SSSR count). The Balaban J connectivity index is 1.70. The van der Waals surface area contributed by atoms with Crippen LogP contribution < -0.4 is 5.32 Å². The van der Waals surface area contributed by atoms with E-state index in [4.69, 9.17) is 4.52 Å². The van der Waals surface area contributed by atoms with E-state index in [0.717, 1.165) is 19.3 Å². The van der Waals surface area contributed by atoms with Crippen molar-refractivity contribution in [2.45, 2.75) is 56.4 Å². The first-order chi connectivity index (χ1) is 10.0. The van der Waals surface area contributed by atoms with Crippen LogP contribution in [0.4, 0.5) is 0 Å². The van der Waals surface area contributed by atoms with Gasteiger partial charge in [-0.15, -0.1) is 0 Å². The van der Waals surface area contributed by atoms with Crippen LogP contribution in [0.3, 0.4) is 0 Å². The van der Waals surface area contributed by atoms with Gasteiger partial charge in [-0.2, -0.15) is 4.98 Å². The molecule has 1 saturated heterocycles. The summed E-state index contributed by atoms with van der Waals surface area (Å²) in [6, 6.07) is 0. The molecule has 118 valence electrons. The second-order valence-corrected chi connectivity index (χ2v) is 8.64. The maximum atomic E-state index is 11.5. The van der Waals surface area contributed by atoms with E-state index in [1.54, 1.807) is 0 Å². The predicted molar refractivity (Wildman–Crippen MR) is 78.9 cm³/mol. The van der Waals surface area contributed by atoms with Gasteiger partial charge in [0.15, 0.2) is 15.7 Å². The third-order valence-electron chi connectivity index (χ3n) is 4.91. The number of nitrogens with one attached hydrogen (secondary N) is 1. The average molecular weight is 313 g/mol. The highest BCUT2D eigenvalue weighted by Crippen LogP contribution is 2.32. The molecule has 1 unspecified atom stereocenters. The van der Waals surface area contributed by atoms with Gasteiger partial charge in [0.25, 0.3) is 0 Å². The van der Waals surface area contributed by atoms with Crippen molar-refractivity contribution in [3.63, 3.8) is 0 Å². The summed E-state index contributed by atoms with van der Waals surface area (Å²) < 4.78 is 28.5. The van der Waals surface area contributed by atoms with Crippen LogP contribution in [-0.2, 0) is 16.3 Å². The molecule has 0 amide bonds. The lowest BCUT2D eigenvalue weighted by Gasteiger charge is -2.36. The first-order valence-electron chi connectivity index (χ1n) is 7.74. The molecule has 1 N–H and O–H groups in total. The largest absolute Gasteiger partial charge is 0.339 e. The van der Waals surface area contributed by atoms with Gasteiger partial charge in [0.05, 0.1) is 11.5 Å². The number of nitrogens with zero attached hydrogens (tertiary/aromatic N) is 2. The van der Waals surface area contributed by atoms with E-state index in [9.17, 15) is 8.42 Å². The van der Waals surface area contributed by atoms with Crippen LogP contribution in [-0.4, -0.2) is 42.7 Å². The quantitative estimate of drug-likeness (QED) is 0.905. The fraction of sp³-hybridized carbons (Fsp3) is 0.857. The normalized spacial score (nSPS) is 27.8. The molecule has 0 bridgehead atoms. The first-order valence-corrected chi connectivity index (χ1v) is 9.56. The fourth-order valence-corrected chi connectivity index (χ4v) is 5.28. The molecular weight excluding hydrogens is 290 g/mol. The molecular formula is C14H23N3O3S. The topological polar surface area (TPSA) is 85.1 Å². The molecule has 7 heteroatoms. The molecule has 1 aromatic rings. The first kappa shape index (κ1) is 15.0. The molecule has 2 aliphatic rings. The highest BCUT2D eigenvalue weighted by molar-refractivity contribution is 7.91. The third kappa shape index (κ3) is 3.29. The van der Waals surface area contributed by atoms with Crippen molar-refractivity contribution in [2.75, 3.05) is 18.6 Å². The minimum Gasteiger partial charge on any atom is -0.339 e. The van der Waals surface area contributed by atoms with Gasteiger partial charge in [0.2, 0.25) is 5.89 Å². The Bertz CT molecular complexity index is 590. The summed E-state index contributed by atoms with van der Waals surface area (Å²) in [5, 5.41) is 7.45. The van der Waals surface area contributed by atoms with E-state index >= 15 is 0 Å². The van der Waals surface area contributed by atoms with Crippen molar-refractivity contribution >= 4 is 9.84 Å². The Hall–Kier alpha value is -0.950. The zero-order valence-electron chi connectivity index (χ0n) is 12.5. The maximum Gasteiger partial charge on any atom is 0.228 e. The summed E-state index contributed by atoms with van der Waals surface area (Å²) in [7, 11) is -0.920. The molecule has 2 heterocycles. The summed E-state index contributed by atoms with van der Waals surface area (Å²) in [6.45, 7) is 0. The number of aromatic nitrogens is 2. The number of sulfone groups is 1. The Labute approximate surface area is 125 Å². The monoisotopic (exact) mass is 313 g/mol. The van der Waals surface area contributed by atoms with Crippen LogP contribution >= 0.6 is 0 Å². The van der Waals surface area contributed by atoms with Gasteiger partial charge in [0, 0.05) is 17.9 Å². The SMILES string of the molecule is CNC1(Cc2nc(C3CCS(=O)(=O)C3)no2)CCCCC1. The maximum absolute atomic E-state index is 11.5. The van der Waals surface area contributed by atoms with Crippen LogP contribution in [0.1, 0.15) is 56.2 Å². The van der Waals surface area contributed by atoms with Crippen molar-refractivity contribution in [1.29, 1.82) is 0 Å². The Morgan fingerprint density at radius 3 is 2.71 bits per heavy atom. The summed E-state index contributed by atoms with van der Waals surface area (Å²) in [5.41, 5.74) is 0.0593. The molecule has 21 heavy (non-hydrogen) atoms. The molecule has 1 aliphatic heterocycles. The second kappa shape index (κ2) is 5.68. The number of likely N-dealkylation sites (N-methyl/N-ethyl adjacent to an activating group) is 1. The van der Waals surface area contributed by atoms with Gasteiger partial charge in [-0.1, -0.05) is 24.4 Å². The fourth-order valence-electron chi connectivity index (χ4n) is 3.54. The van der Waals surface area contributed by atoms with Crippen LogP contribution in [0.5, 0.6) is 0 Å². The summed E-state index contributed by atoms with van der Waals surface area (Å²) >= 11 is 0. The minimum absolute atomic E-state index is 0.0593. The van der Waals surface area contributed by atoms with Crippen molar-refractivity contribution in [2.24, 2.45) is 0 Å². The zero-order chi connectivity index (χ0) is 14.9. The van der Waals surface area contributed by atoms with E-state index in [1.165, 1.54) is 19.3 Å². The number of hydrogen-bond donors (Lipinski definition) is 1. The van der Waals surface area contributed by atoms with Crippen LogP contribution in [0, 0.1) is 0 Å². The standard InChI is InChI=1S/C14H23N3O3S/c1-15-14(6-3-2-4-7-14)9-12-16-13(17-20-12)11-5-8-21(18,19)10-11/h11,15H,2-10H2,1H3. The smallest absolute Gasteiger partial charge is 0.228 e. The van der Waals surface area contributed by atoms with E-state index in [1.807, 2.05) is 7.05 Å². The Morgan fingerprint density at radius 2 is 2.10 bits per heavy atom. The van der Waals surface area contributed by atoms with Gasteiger partial charge in [-0.25, -0.2) is 8.42 Å². The van der Waals surface area contributed by atoms with Crippen LogP contribution in [0.15, 0.2) is 4.52 Å². The van der Waals surface area contributed by atoms with E-state index in [2.05, 4.69) is 15.5 Å². The van der Waals surface area contributed by atoms with Gasteiger partial charge in [-0.05, 0) is 26.3 Å². The minimum atomic E-state index is -2.91. The van der Waals surface area contributed by atoms with E-state index in [-0.39, 0.29) is 23.0 Å². The van der Waals surface area contributed by atoms with Crippen LogP contribution in [0.25, 0.3) is 0 Å². The lowest BCUT2D eigenvalue weighted by Crippen LogP contribution is -2.46. The predicted octanol–water partition coefficient (Wildman–Crippen LogP) is 1.44.